The average molecular weight is 407 g/mol. The number of halogens is 4. The van der Waals surface area contributed by atoms with E-state index in [9.17, 15) is 21.6 Å². The van der Waals surface area contributed by atoms with Crippen molar-refractivity contribution < 1.29 is 25.8 Å². The Labute approximate surface area is 119 Å². The molecule has 0 spiro atoms. The topological polar surface area (TPSA) is 92.1 Å². The molecule has 0 N–H and O–H groups in total. The number of benzene rings is 1. The summed E-state index contributed by atoms with van der Waals surface area (Å²) in [5.41, 5.74) is 2.99. The summed E-state index contributed by atoms with van der Waals surface area (Å²) in [7, 11) is -5.82. The largest absolute Gasteiger partial charge is 0.534 e. The van der Waals surface area contributed by atoms with Crippen LogP contribution in [0.5, 0.6) is 5.75 Å². The van der Waals surface area contributed by atoms with Gasteiger partial charge in [-0.15, -0.1) is 0 Å². The number of nitrogens with zero attached hydrogens (tertiary/aromatic N) is 3. The number of hydrogen-bond acceptors (Lipinski definition) is 4. The van der Waals surface area contributed by atoms with Gasteiger partial charge in [-0.1, -0.05) is 5.11 Å². The Morgan fingerprint density at radius 1 is 1.42 bits per heavy atom. The third-order valence-electron chi connectivity index (χ3n) is 1.80. The van der Waals surface area contributed by atoms with Crippen LogP contribution in [0.1, 0.15) is 5.56 Å². The Balaban J connectivity index is 3.40. The van der Waals surface area contributed by atoms with Crippen LogP contribution in [-0.4, -0.2) is 13.9 Å². The fourth-order valence-electron chi connectivity index (χ4n) is 1.07. The van der Waals surface area contributed by atoms with Crippen LogP contribution in [0.4, 0.5) is 18.9 Å². The van der Waals surface area contributed by atoms with Gasteiger partial charge < -0.3 is 4.18 Å². The standard InChI is InChI=1S/C8H5F3IN3O3S/c1-4-2-5(12)7(6(3-4)14-15-13)18-19(16,17)8(9,10)11/h2-3H,1H3. The minimum absolute atomic E-state index is 0.0767. The molecule has 11 heteroatoms. The third-order valence-corrected chi connectivity index (χ3v) is 3.55. The summed E-state index contributed by atoms with van der Waals surface area (Å²) >= 11 is 1.58. The summed E-state index contributed by atoms with van der Waals surface area (Å²) in [6.07, 6.45) is 0. The molecule has 19 heavy (non-hydrogen) atoms. The van der Waals surface area contributed by atoms with Crippen molar-refractivity contribution in [2.75, 3.05) is 0 Å². The molecule has 104 valence electrons. The van der Waals surface area contributed by atoms with Crippen LogP contribution in [0.3, 0.4) is 0 Å². The quantitative estimate of drug-likeness (QED) is 0.191. The van der Waals surface area contributed by atoms with Gasteiger partial charge in [0.25, 0.3) is 0 Å². The molecule has 0 saturated heterocycles. The van der Waals surface area contributed by atoms with Crippen LogP contribution < -0.4 is 4.18 Å². The number of azide groups is 1. The van der Waals surface area contributed by atoms with E-state index >= 15 is 0 Å². The van der Waals surface area contributed by atoms with E-state index in [1.807, 2.05) is 0 Å². The maximum atomic E-state index is 12.2. The molecule has 0 aliphatic rings. The van der Waals surface area contributed by atoms with Gasteiger partial charge in [-0.25, -0.2) is 0 Å². The predicted octanol–water partition coefficient (Wildman–Crippen LogP) is 3.77. The molecule has 0 bridgehead atoms. The second kappa shape index (κ2) is 5.43. The summed E-state index contributed by atoms with van der Waals surface area (Å²) in [6.45, 7) is 1.60. The second-order valence-corrected chi connectivity index (χ2v) is 5.97. The first-order valence-electron chi connectivity index (χ1n) is 4.44. The highest BCUT2D eigenvalue weighted by atomic mass is 127. The molecular formula is C8H5F3IN3O3S. The van der Waals surface area contributed by atoms with Crippen LogP contribution in [0, 0.1) is 10.5 Å². The molecule has 1 rings (SSSR count). The zero-order chi connectivity index (χ0) is 14.8. The molecule has 0 amide bonds. The molecular weight excluding hydrogens is 402 g/mol. The molecule has 0 saturated carbocycles. The minimum atomic E-state index is -5.82. The van der Waals surface area contributed by atoms with Crippen LogP contribution in [0.25, 0.3) is 10.4 Å². The van der Waals surface area contributed by atoms with Gasteiger partial charge in [0.05, 0.1) is 9.26 Å². The Kier molecular flexibility index (Phi) is 4.53. The van der Waals surface area contributed by atoms with Gasteiger partial charge in [0, 0.05) is 4.91 Å². The van der Waals surface area contributed by atoms with Crippen LogP contribution >= 0.6 is 22.6 Å². The normalized spacial score (nSPS) is 11.8. The molecule has 0 atom stereocenters. The lowest BCUT2D eigenvalue weighted by molar-refractivity contribution is -0.0500. The van der Waals surface area contributed by atoms with Crippen LogP contribution in [0.2, 0.25) is 0 Å². The average Bonchev–Trinajstić information content (AvgIpc) is 2.22. The van der Waals surface area contributed by atoms with Gasteiger partial charge >= 0.3 is 15.6 Å². The van der Waals surface area contributed by atoms with Crippen molar-refractivity contribution in [3.05, 3.63) is 31.7 Å². The molecule has 0 heterocycles. The number of rotatable bonds is 3. The monoisotopic (exact) mass is 407 g/mol. The molecule has 0 aliphatic heterocycles. The van der Waals surface area contributed by atoms with Gasteiger partial charge in [0.2, 0.25) is 0 Å². The molecule has 1 aromatic carbocycles. The smallest absolute Gasteiger partial charge is 0.374 e. The first-order valence-corrected chi connectivity index (χ1v) is 6.93. The maximum absolute atomic E-state index is 12.2. The summed E-state index contributed by atoms with van der Waals surface area (Å²) in [4.78, 5) is 2.41. The van der Waals surface area contributed by atoms with Crippen molar-refractivity contribution in [2.45, 2.75) is 12.4 Å². The van der Waals surface area contributed by atoms with E-state index in [1.165, 1.54) is 12.1 Å². The fourth-order valence-corrected chi connectivity index (χ4v) is 2.59. The van der Waals surface area contributed by atoms with Crippen molar-refractivity contribution in [2.24, 2.45) is 5.11 Å². The molecule has 0 fully saturated rings. The first-order chi connectivity index (χ1) is 8.58. The van der Waals surface area contributed by atoms with Crippen LogP contribution in [-0.2, 0) is 10.1 Å². The highest BCUT2D eigenvalue weighted by Crippen LogP contribution is 2.37. The fraction of sp³-hybridized carbons (Fsp3) is 0.250. The SMILES string of the molecule is Cc1cc(I)c(OS(=O)(=O)C(F)(F)F)c(N=[N+]=[N-])c1. The van der Waals surface area contributed by atoms with Gasteiger partial charge in [-0.05, 0) is 52.7 Å². The summed E-state index contributed by atoms with van der Waals surface area (Å²) in [5.74, 6) is -0.652. The van der Waals surface area contributed by atoms with E-state index in [-0.39, 0.29) is 9.26 Å². The zero-order valence-electron chi connectivity index (χ0n) is 9.14. The van der Waals surface area contributed by atoms with E-state index in [0.717, 1.165) is 0 Å². The maximum Gasteiger partial charge on any atom is 0.534 e. The number of hydrogen-bond donors (Lipinski definition) is 0. The lowest BCUT2D eigenvalue weighted by atomic mass is 10.2. The Bertz CT molecular complexity index is 653. The molecule has 0 radical (unpaired) electrons. The van der Waals surface area contributed by atoms with Crippen molar-refractivity contribution in [3.63, 3.8) is 0 Å². The van der Waals surface area contributed by atoms with Gasteiger partial charge in [0.1, 0.15) is 0 Å². The van der Waals surface area contributed by atoms with E-state index < -0.39 is 21.4 Å². The third kappa shape index (κ3) is 3.64. The first kappa shape index (κ1) is 15.9. The lowest BCUT2D eigenvalue weighted by Gasteiger charge is -2.13. The Hall–Kier alpha value is -1.20. The van der Waals surface area contributed by atoms with Gasteiger partial charge in [-0.2, -0.15) is 21.6 Å². The summed E-state index contributed by atoms with van der Waals surface area (Å²) < 4.78 is 62.6. The van der Waals surface area contributed by atoms with E-state index in [4.69, 9.17) is 5.53 Å². The van der Waals surface area contributed by atoms with Crippen molar-refractivity contribution in [1.82, 2.24) is 0 Å². The predicted molar refractivity (Wildman–Crippen MR) is 68.3 cm³/mol. The Morgan fingerprint density at radius 3 is 2.47 bits per heavy atom. The van der Waals surface area contributed by atoms with Gasteiger partial charge in [-0.3, -0.25) is 0 Å². The van der Waals surface area contributed by atoms with E-state index in [0.29, 0.717) is 5.56 Å². The number of alkyl halides is 3. The van der Waals surface area contributed by atoms with Crippen LogP contribution in [0.15, 0.2) is 17.2 Å². The molecule has 0 unspecified atom stereocenters. The van der Waals surface area contributed by atoms with E-state index in [2.05, 4.69) is 14.2 Å². The Morgan fingerprint density at radius 2 is 2.00 bits per heavy atom. The van der Waals surface area contributed by atoms with E-state index in [1.54, 1.807) is 29.5 Å². The van der Waals surface area contributed by atoms with Gasteiger partial charge in [0.15, 0.2) is 5.75 Å². The molecule has 0 aliphatic carbocycles. The highest BCUT2D eigenvalue weighted by Gasteiger charge is 2.49. The molecule has 6 nitrogen and oxygen atoms in total. The number of aryl methyl sites for hydroxylation is 1. The van der Waals surface area contributed by atoms with Crippen molar-refractivity contribution in [1.29, 1.82) is 0 Å². The second-order valence-electron chi connectivity index (χ2n) is 3.27. The molecule has 1 aromatic rings. The van der Waals surface area contributed by atoms with Crippen molar-refractivity contribution in [3.8, 4) is 5.75 Å². The minimum Gasteiger partial charge on any atom is -0.374 e. The highest BCUT2D eigenvalue weighted by molar-refractivity contribution is 14.1. The molecule has 0 aromatic heterocycles. The summed E-state index contributed by atoms with van der Waals surface area (Å²) in [6, 6.07) is 2.60. The summed E-state index contributed by atoms with van der Waals surface area (Å²) in [5, 5.41) is 3.11. The lowest BCUT2D eigenvalue weighted by Crippen LogP contribution is -2.28. The zero-order valence-corrected chi connectivity index (χ0v) is 12.1. The van der Waals surface area contributed by atoms with Crippen molar-refractivity contribution >= 4 is 38.4 Å².